The first-order chi connectivity index (χ1) is 16.8. The molecule has 35 heavy (non-hydrogen) atoms. The second-order valence-corrected chi connectivity index (χ2v) is 10.2. The fourth-order valence-corrected chi connectivity index (χ4v) is 4.22. The number of carbonyl (C=O) groups excluding carboxylic acids is 1. The van der Waals surface area contributed by atoms with Gasteiger partial charge in [-0.15, -0.1) is 0 Å². The lowest BCUT2D eigenvalue weighted by Crippen LogP contribution is -2.33. The van der Waals surface area contributed by atoms with E-state index in [-0.39, 0.29) is 6.09 Å². The van der Waals surface area contributed by atoms with Crippen molar-refractivity contribution in [1.82, 2.24) is 5.32 Å². The normalized spacial score (nSPS) is 11.2. The predicted octanol–water partition coefficient (Wildman–Crippen LogP) is 7.65. The number of thiol groups is 1. The molecule has 0 aliphatic heterocycles. The molecule has 0 aliphatic rings. The van der Waals surface area contributed by atoms with Crippen LogP contribution in [0.1, 0.15) is 50.8 Å². The van der Waals surface area contributed by atoms with Gasteiger partial charge in [0, 0.05) is 23.6 Å². The van der Waals surface area contributed by atoms with Gasteiger partial charge in [0.2, 0.25) is 0 Å². The number of rotatable bonds is 10. The SMILES string of the molecule is CCCc1ccc(N(c2ccc(CCNC(=O)OC(C)(C)C)cc2)c2cccc(CCS)c2)cc1. The van der Waals surface area contributed by atoms with Crippen LogP contribution in [0.4, 0.5) is 21.9 Å². The summed E-state index contributed by atoms with van der Waals surface area (Å²) in [5, 5.41) is 2.83. The third-order valence-electron chi connectivity index (χ3n) is 5.58. The number of aryl methyl sites for hydroxylation is 2. The number of hydrogen-bond acceptors (Lipinski definition) is 4. The summed E-state index contributed by atoms with van der Waals surface area (Å²) >= 11 is 4.41. The summed E-state index contributed by atoms with van der Waals surface area (Å²) < 4.78 is 5.31. The molecule has 0 saturated carbocycles. The summed E-state index contributed by atoms with van der Waals surface area (Å²) in [5.41, 5.74) is 6.66. The van der Waals surface area contributed by atoms with Crippen LogP contribution in [0.15, 0.2) is 72.8 Å². The third kappa shape index (κ3) is 8.36. The van der Waals surface area contributed by atoms with Crippen LogP contribution in [-0.4, -0.2) is 24.0 Å². The molecule has 0 heterocycles. The lowest BCUT2D eigenvalue weighted by Gasteiger charge is -2.26. The summed E-state index contributed by atoms with van der Waals surface area (Å²) in [5.74, 6) is 0.821. The number of alkyl carbamates (subject to hydrolysis) is 1. The minimum atomic E-state index is -0.492. The van der Waals surface area contributed by atoms with Gasteiger partial charge in [0.1, 0.15) is 5.60 Å². The van der Waals surface area contributed by atoms with Crippen molar-refractivity contribution in [1.29, 1.82) is 0 Å². The van der Waals surface area contributed by atoms with Crippen molar-refractivity contribution in [2.75, 3.05) is 17.2 Å². The van der Waals surface area contributed by atoms with Crippen LogP contribution in [0, 0.1) is 0 Å². The van der Waals surface area contributed by atoms with Crippen LogP contribution in [0.5, 0.6) is 0 Å². The Morgan fingerprint density at radius 1 is 0.829 bits per heavy atom. The van der Waals surface area contributed by atoms with Gasteiger partial charge in [-0.05, 0) is 98.9 Å². The highest BCUT2D eigenvalue weighted by atomic mass is 32.1. The highest BCUT2D eigenvalue weighted by Gasteiger charge is 2.16. The Kier molecular flexibility index (Phi) is 9.67. The second-order valence-electron chi connectivity index (χ2n) is 9.74. The minimum Gasteiger partial charge on any atom is -0.444 e. The van der Waals surface area contributed by atoms with E-state index in [2.05, 4.69) is 103 Å². The van der Waals surface area contributed by atoms with Crippen LogP contribution in [-0.2, 0) is 24.0 Å². The molecule has 0 fully saturated rings. The molecule has 3 rings (SSSR count). The molecule has 0 bridgehead atoms. The molecule has 0 atom stereocenters. The van der Waals surface area contributed by atoms with Gasteiger partial charge >= 0.3 is 6.09 Å². The van der Waals surface area contributed by atoms with Gasteiger partial charge in [-0.25, -0.2) is 4.79 Å². The maximum atomic E-state index is 11.9. The molecule has 0 radical (unpaired) electrons. The van der Waals surface area contributed by atoms with E-state index in [1.165, 1.54) is 11.1 Å². The average Bonchev–Trinajstić information content (AvgIpc) is 2.81. The molecule has 1 N–H and O–H groups in total. The summed E-state index contributed by atoms with van der Waals surface area (Å²) in [6.45, 7) is 8.33. The van der Waals surface area contributed by atoms with Gasteiger partial charge in [0.05, 0.1) is 0 Å². The first-order valence-electron chi connectivity index (χ1n) is 12.4. The molecule has 4 nitrogen and oxygen atoms in total. The molecule has 0 unspecified atom stereocenters. The van der Waals surface area contributed by atoms with Gasteiger partial charge in [0.15, 0.2) is 0 Å². The monoisotopic (exact) mass is 490 g/mol. The van der Waals surface area contributed by atoms with E-state index < -0.39 is 5.60 Å². The molecule has 0 aliphatic carbocycles. The van der Waals surface area contributed by atoms with E-state index in [1.54, 1.807) is 0 Å². The zero-order valence-electron chi connectivity index (χ0n) is 21.4. The number of carbonyl (C=O) groups is 1. The quantitative estimate of drug-likeness (QED) is 0.287. The third-order valence-corrected chi connectivity index (χ3v) is 5.80. The molecule has 0 saturated heterocycles. The maximum absolute atomic E-state index is 11.9. The Balaban J connectivity index is 1.80. The van der Waals surface area contributed by atoms with Crippen LogP contribution in [0.2, 0.25) is 0 Å². The molecule has 5 heteroatoms. The molecular formula is C30H38N2O2S. The number of benzene rings is 3. The number of ether oxygens (including phenoxy) is 1. The maximum Gasteiger partial charge on any atom is 0.407 e. The first kappa shape index (κ1) is 26.7. The van der Waals surface area contributed by atoms with E-state index in [0.717, 1.165) is 54.1 Å². The highest BCUT2D eigenvalue weighted by molar-refractivity contribution is 7.80. The Hall–Kier alpha value is -2.92. The van der Waals surface area contributed by atoms with Gasteiger partial charge < -0.3 is 15.0 Å². The number of anilines is 3. The van der Waals surface area contributed by atoms with E-state index >= 15 is 0 Å². The van der Waals surface area contributed by atoms with Crippen LogP contribution in [0.25, 0.3) is 0 Å². The van der Waals surface area contributed by atoms with Crippen molar-refractivity contribution in [3.63, 3.8) is 0 Å². The van der Waals surface area contributed by atoms with Crippen molar-refractivity contribution in [3.8, 4) is 0 Å². The molecular weight excluding hydrogens is 452 g/mol. The molecule has 3 aromatic carbocycles. The Morgan fingerprint density at radius 3 is 1.97 bits per heavy atom. The van der Waals surface area contributed by atoms with Gasteiger partial charge in [0.25, 0.3) is 0 Å². The van der Waals surface area contributed by atoms with Gasteiger partial charge in [-0.2, -0.15) is 12.6 Å². The lowest BCUT2D eigenvalue weighted by molar-refractivity contribution is 0.0528. The van der Waals surface area contributed by atoms with E-state index in [4.69, 9.17) is 4.74 Å². The highest BCUT2D eigenvalue weighted by Crippen LogP contribution is 2.35. The molecule has 0 aromatic heterocycles. The van der Waals surface area contributed by atoms with Crippen molar-refractivity contribution in [3.05, 3.63) is 89.5 Å². The molecule has 186 valence electrons. The lowest BCUT2D eigenvalue weighted by atomic mass is 10.1. The smallest absolute Gasteiger partial charge is 0.407 e. The van der Waals surface area contributed by atoms with Crippen molar-refractivity contribution >= 4 is 35.8 Å². The summed E-state index contributed by atoms with van der Waals surface area (Å²) in [6.07, 6.45) is 3.52. The number of hydrogen-bond donors (Lipinski definition) is 2. The topological polar surface area (TPSA) is 41.6 Å². The van der Waals surface area contributed by atoms with E-state index in [1.807, 2.05) is 20.8 Å². The fourth-order valence-electron chi connectivity index (χ4n) is 3.96. The van der Waals surface area contributed by atoms with Crippen molar-refractivity contribution < 1.29 is 9.53 Å². The number of amides is 1. The molecule has 0 spiro atoms. The molecule has 3 aromatic rings. The number of nitrogens with one attached hydrogen (secondary N) is 1. The summed E-state index contributed by atoms with van der Waals surface area (Å²) in [6, 6.07) is 26.1. The van der Waals surface area contributed by atoms with Gasteiger partial charge in [-0.1, -0.05) is 49.7 Å². The Bertz CT molecular complexity index is 1070. The average molecular weight is 491 g/mol. The second kappa shape index (κ2) is 12.7. The largest absolute Gasteiger partial charge is 0.444 e. The van der Waals surface area contributed by atoms with E-state index in [0.29, 0.717) is 6.54 Å². The van der Waals surface area contributed by atoms with Crippen molar-refractivity contribution in [2.45, 2.75) is 59.0 Å². The molecule has 1 amide bonds. The predicted molar refractivity (Wildman–Crippen MR) is 151 cm³/mol. The number of nitrogens with zero attached hydrogens (tertiary/aromatic N) is 1. The first-order valence-corrected chi connectivity index (χ1v) is 13.1. The zero-order valence-corrected chi connectivity index (χ0v) is 22.3. The van der Waals surface area contributed by atoms with Crippen molar-refractivity contribution in [2.24, 2.45) is 0 Å². The zero-order chi connectivity index (χ0) is 25.3. The minimum absolute atomic E-state index is 0.382. The summed E-state index contributed by atoms with van der Waals surface area (Å²) in [4.78, 5) is 14.2. The van der Waals surface area contributed by atoms with Gasteiger partial charge in [-0.3, -0.25) is 0 Å². The standard InChI is InChI=1S/C30H38N2O2S/c1-5-7-23-10-14-26(15-11-23)32(28-9-6-8-25(22-28)19-21-35)27-16-12-24(13-17-27)18-20-31-29(33)34-30(2,3)4/h6,8-17,22,35H,5,7,18-21H2,1-4H3,(H,31,33). The summed E-state index contributed by atoms with van der Waals surface area (Å²) in [7, 11) is 0. The Labute approximate surface area is 216 Å². The van der Waals surface area contributed by atoms with Crippen LogP contribution >= 0.6 is 12.6 Å². The van der Waals surface area contributed by atoms with Crippen LogP contribution in [0.3, 0.4) is 0 Å². The fraction of sp³-hybridized carbons (Fsp3) is 0.367. The van der Waals surface area contributed by atoms with Crippen LogP contribution < -0.4 is 10.2 Å². The Morgan fingerprint density at radius 2 is 1.43 bits per heavy atom. The van der Waals surface area contributed by atoms with E-state index in [9.17, 15) is 4.79 Å².